The fraction of sp³-hybridized carbons (Fsp3) is 1.00. The van der Waals surface area contributed by atoms with Gasteiger partial charge < -0.3 is 4.18 Å². The lowest BCUT2D eigenvalue weighted by molar-refractivity contribution is 0.358. The quantitative estimate of drug-likeness (QED) is 0.423. The van der Waals surface area contributed by atoms with Gasteiger partial charge in [-0.15, -0.1) is 0 Å². The number of rotatable bonds is 6. The van der Waals surface area contributed by atoms with Gasteiger partial charge in [0, 0.05) is 6.26 Å². The minimum Gasteiger partial charge on any atom is -0.316 e. The van der Waals surface area contributed by atoms with E-state index < -0.39 is 0 Å². The van der Waals surface area contributed by atoms with Gasteiger partial charge in [-0.2, -0.15) is 0 Å². The molecule has 0 heterocycles. The van der Waals surface area contributed by atoms with E-state index in [0.29, 0.717) is 0 Å². The molecule has 0 aliphatic carbocycles. The van der Waals surface area contributed by atoms with Crippen molar-refractivity contribution in [2.24, 2.45) is 0 Å². The van der Waals surface area contributed by atoms with Gasteiger partial charge in [-0.1, -0.05) is 26.2 Å². The van der Waals surface area contributed by atoms with Crippen molar-refractivity contribution < 1.29 is 4.18 Å². The second-order valence-corrected chi connectivity index (χ2v) is 2.62. The molecule has 0 radical (unpaired) electrons. The van der Waals surface area contributed by atoms with Crippen LogP contribution in [0.15, 0.2) is 0 Å². The Kier molecular flexibility index (Phi) is 8.60. The van der Waals surface area contributed by atoms with Crippen LogP contribution < -0.4 is 0 Å². The molecule has 0 saturated carbocycles. The molecule has 0 rings (SSSR count). The van der Waals surface area contributed by atoms with Gasteiger partial charge in [0.1, 0.15) is 0 Å². The topological polar surface area (TPSA) is 9.23 Å². The maximum Gasteiger partial charge on any atom is 0.0613 e. The zero-order chi connectivity index (χ0) is 6.95. The molecule has 0 amide bonds. The van der Waals surface area contributed by atoms with Crippen molar-refractivity contribution in [3.63, 3.8) is 0 Å². The van der Waals surface area contributed by atoms with E-state index in [4.69, 9.17) is 4.18 Å². The van der Waals surface area contributed by atoms with Crippen LogP contribution >= 0.6 is 12.0 Å². The van der Waals surface area contributed by atoms with Gasteiger partial charge in [-0.3, -0.25) is 0 Å². The van der Waals surface area contributed by atoms with E-state index >= 15 is 0 Å². The second-order valence-electron chi connectivity index (χ2n) is 2.05. The van der Waals surface area contributed by atoms with Gasteiger partial charge in [0.2, 0.25) is 0 Å². The monoisotopic (exact) mass is 148 g/mol. The van der Waals surface area contributed by atoms with Gasteiger partial charge in [-0.25, -0.2) is 0 Å². The Morgan fingerprint density at radius 2 is 2.00 bits per heavy atom. The highest BCUT2D eigenvalue weighted by molar-refractivity contribution is 7.93. The maximum atomic E-state index is 5.10. The van der Waals surface area contributed by atoms with Crippen LogP contribution in [-0.4, -0.2) is 12.9 Å². The summed E-state index contributed by atoms with van der Waals surface area (Å²) < 4.78 is 5.10. The van der Waals surface area contributed by atoms with Gasteiger partial charge in [-0.05, 0) is 18.5 Å². The lowest BCUT2D eigenvalue weighted by atomic mass is 10.2. The molecule has 0 bridgehead atoms. The molecular weight excluding hydrogens is 132 g/mol. The third-order valence-electron chi connectivity index (χ3n) is 1.20. The number of unbranched alkanes of at least 4 members (excludes halogenated alkanes) is 3. The Bertz CT molecular complexity index is 42.2. The summed E-state index contributed by atoms with van der Waals surface area (Å²) >= 11 is 1.46. The standard InChI is InChI=1S/C7H16OS/c1-3-4-5-6-7-8-9-2/h3-7H2,1-2H3. The van der Waals surface area contributed by atoms with Crippen LogP contribution in [0.2, 0.25) is 0 Å². The molecule has 0 spiro atoms. The van der Waals surface area contributed by atoms with Crippen molar-refractivity contribution in [2.75, 3.05) is 12.9 Å². The van der Waals surface area contributed by atoms with Gasteiger partial charge in [0.05, 0.1) is 6.61 Å². The smallest absolute Gasteiger partial charge is 0.0613 e. The molecule has 0 aliphatic rings. The first-order chi connectivity index (χ1) is 4.41. The fourth-order valence-electron chi connectivity index (χ4n) is 0.671. The molecule has 0 aliphatic heterocycles. The molecule has 9 heavy (non-hydrogen) atoms. The number of hydrogen-bond donors (Lipinski definition) is 0. The lowest BCUT2D eigenvalue weighted by Gasteiger charge is -1.97. The maximum absolute atomic E-state index is 5.10. The Balaban J connectivity index is 2.60. The van der Waals surface area contributed by atoms with Gasteiger partial charge >= 0.3 is 0 Å². The third kappa shape index (κ3) is 8.31. The molecule has 0 aromatic heterocycles. The van der Waals surface area contributed by atoms with Crippen LogP contribution in [0.1, 0.15) is 32.6 Å². The Hall–Kier alpha value is 0.310. The van der Waals surface area contributed by atoms with Crippen LogP contribution in [0.4, 0.5) is 0 Å². The highest BCUT2D eigenvalue weighted by Gasteiger charge is 1.85. The minimum atomic E-state index is 0.918. The van der Waals surface area contributed by atoms with E-state index in [2.05, 4.69) is 6.92 Å². The van der Waals surface area contributed by atoms with E-state index in [9.17, 15) is 0 Å². The van der Waals surface area contributed by atoms with E-state index in [1.54, 1.807) is 0 Å². The zero-order valence-corrected chi connectivity index (χ0v) is 7.17. The first-order valence-electron chi connectivity index (χ1n) is 3.57. The van der Waals surface area contributed by atoms with Gasteiger partial charge in [0.25, 0.3) is 0 Å². The normalized spacial score (nSPS) is 10.0. The molecule has 1 nitrogen and oxygen atoms in total. The molecule has 56 valence electrons. The van der Waals surface area contributed by atoms with E-state index in [0.717, 1.165) is 6.61 Å². The molecular formula is C7H16OS. The van der Waals surface area contributed by atoms with Crippen molar-refractivity contribution in [3.05, 3.63) is 0 Å². The Morgan fingerprint density at radius 1 is 1.22 bits per heavy atom. The van der Waals surface area contributed by atoms with Crippen LogP contribution in [-0.2, 0) is 4.18 Å². The van der Waals surface area contributed by atoms with Crippen molar-refractivity contribution in [1.29, 1.82) is 0 Å². The molecule has 0 aromatic carbocycles. The highest BCUT2D eigenvalue weighted by atomic mass is 32.2. The molecule has 0 N–H and O–H groups in total. The summed E-state index contributed by atoms with van der Waals surface area (Å²) in [6.45, 7) is 3.14. The molecule has 0 atom stereocenters. The predicted octanol–water partition coefficient (Wildman–Crippen LogP) is 2.86. The molecule has 0 unspecified atom stereocenters. The summed E-state index contributed by atoms with van der Waals surface area (Å²) in [6, 6.07) is 0. The van der Waals surface area contributed by atoms with Crippen LogP contribution in [0.5, 0.6) is 0 Å². The van der Waals surface area contributed by atoms with E-state index in [-0.39, 0.29) is 0 Å². The van der Waals surface area contributed by atoms with Gasteiger partial charge in [0.15, 0.2) is 0 Å². The minimum absolute atomic E-state index is 0.918. The summed E-state index contributed by atoms with van der Waals surface area (Å²) in [4.78, 5) is 0. The van der Waals surface area contributed by atoms with Crippen molar-refractivity contribution in [2.45, 2.75) is 32.6 Å². The average molecular weight is 148 g/mol. The van der Waals surface area contributed by atoms with Crippen LogP contribution in [0.3, 0.4) is 0 Å². The summed E-state index contributed by atoms with van der Waals surface area (Å²) in [5.74, 6) is 0. The van der Waals surface area contributed by atoms with Crippen molar-refractivity contribution >= 4 is 12.0 Å². The Labute approximate surface area is 62.4 Å². The molecule has 0 saturated heterocycles. The van der Waals surface area contributed by atoms with E-state index in [1.165, 1.54) is 37.7 Å². The third-order valence-corrected chi connectivity index (χ3v) is 1.60. The summed E-state index contributed by atoms with van der Waals surface area (Å²) in [5.41, 5.74) is 0. The summed E-state index contributed by atoms with van der Waals surface area (Å²) in [7, 11) is 0. The second kappa shape index (κ2) is 8.31. The molecule has 0 aromatic rings. The first-order valence-corrected chi connectivity index (χ1v) is 4.72. The van der Waals surface area contributed by atoms with Crippen molar-refractivity contribution in [1.82, 2.24) is 0 Å². The van der Waals surface area contributed by atoms with Crippen LogP contribution in [0, 0.1) is 0 Å². The van der Waals surface area contributed by atoms with Crippen molar-refractivity contribution in [3.8, 4) is 0 Å². The lowest BCUT2D eigenvalue weighted by Crippen LogP contribution is -1.85. The first kappa shape index (κ1) is 9.31. The molecule has 2 heteroatoms. The highest BCUT2D eigenvalue weighted by Crippen LogP contribution is 2.02. The van der Waals surface area contributed by atoms with Crippen LogP contribution in [0.25, 0.3) is 0 Å². The molecule has 0 fully saturated rings. The fourth-order valence-corrected chi connectivity index (χ4v) is 0.956. The SMILES string of the molecule is CCCCCCOSC. The zero-order valence-electron chi connectivity index (χ0n) is 6.35. The predicted molar refractivity (Wildman–Crippen MR) is 43.6 cm³/mol. The van der Waals surface area contributed by atoms with E-state index in [1.807, 2.05) is 6.26 Å². The summed E-state index contributed by atoms with van der Waals surface area (Å²) in [5, 5.41) is 0. The largest absolute Gasteiger partial charge is 0.316 e. The average Bonchev–Trinajstić information content (AvgIpc) is 1.89. The number of hydrogen-bond acceptors (Lipinski definition) is 2. The summed E-state index contributed by atoms with van der Waals surface area (Å²) in [6.07, 6.45) is 7.14. The Morgan fingerprint density at radius 3 is 2.56 bits per heavy atom.